The standard InChI is InChI=1S/C15H14N2O3/c1-18-11-5-3-6-12(19-2)14(11)10-9-16-15(17-10)13-7-4-8-20-13/h3-9H,1-2H3,(H,16,17). The molecular formula is C15H14N2O3. The third-order valence-corrected chi connectivity index (χ3v) is 3.03. The number of H-pyrrole nitrogens is 1. The highest BCUT2D eigenvalue weighted by Gasteiger charge is 2.15. The summed E-state index contributed by atoms with van der Waals surface area (Å²) in [5, 5.41) is 0. The molecule has 102 valence electrons. The minimum absolute atomic E-state index is 0.665. The van der Waals surface area contributed by atoms with Crippen molar-refractivity contribution in [1.29, 1.82) is 0 Å². The summed E-state index contributed by atoms with van der Waals surface area (Å²) in [5.74, 6) is 2.79. The van der Waals surface area contributed by atoms with Gasteiger partial charge in [0.2, 0.25) is 0 Å². The summed E-state index contributed by atoms with van der Waals surface area (Å²) in [6.07, 6.45) is 3.35. The molecule has 20 heavy (non-hydrogen) atoms. The van der Waals surface area contributed by atoms with E-state index in [4.69, 9.17) is 13.9 Å². The van der Waals surface area contributed by atoms with Gasteiger partial charge in [-0.2, -0.15) is 0 Å². The fraction of sp³-hybridized carbons (Fsp3) is 0.133. The average molecular weight is 270 g/mol. The third kappa shape index (κ3) is 2.03. The summed E-state index contributed by atoms with van der Waals surface area (Å²) in [6, 6.07) is 9.31. The first-order valence-electron chi connectivity index (χ1n) is 6.13. The lowest BCUT2D eigenvalue weighted by Crippen LogP contribution is -1.93. The van der Waals surface area contributed by atoms with Crippen molar-refractivity contribution in [1.82, 2.24) is 9.97 Å². The van der Waals surface area contributed by atoms with Gasteiger partial charge in [0.15, 0.2) is 11.6 Å². The van der Waals surface area contributed by atoms with Gasteiger partial charge in [0.1, 0.15) is 11.5 Å². The fourth-order valence-electron chi connectivity index (χ4n) is 2.10. The Kier molecular flexibility index (Phi) is 3.16. The topological polar surface area (TPSA) is 60.3 Å². The molecule has 0 saturated carbocycles. The number of nitrogens with zero attached hydrogens (tertiary/aromatic N) is 1. The molecule has 5 heteroatoms. The van der Waals surface area contributed by atoms with Gasteiger partial charge in [0.05, 0.1) is 37.9 Å². The largest absolute Gasteiger partial charge is 0.496 e. The van der Waals surface area contributed by atoms with Crippen molar-refractivity contribution in [3.63, 3.8) is 0 Å². The van der Waals surface area contributed by atoms with Crippen LogP contribution in [0.3, 0.4) is 0 Å². The Balaban J connectivity index is 2.10. The molecule has 0 unspecified atom stereocenters. The molecule has 5 nitrogen and oxygen atoms in total. The summed E-state index contributed by atoms with van der Waals surface area (Å²) in [6.45, 7) is 0. The molecule has 0 aliphatic rings. The molecule has 0 atom stereocenters. The summed E-state index contributed by atoms with van der Waals surface area (Å²) >= 11 is 0. The van der Waals surface area contributed by atoms with E-state index >= 15 is 0 Å². The van der Waals surface area contributed by atoms with Gasteiger partial charge >= 0.3 is 0 Å². The van der Waals surface area contributed by atoms with E-state index < -0.39 is 0 Å². The lowest BCUT2D eigenvalue weighted by Gasteiger charge is -2.11. The van der Waals surface area contributed by atoms with Crippen LogP contribution in [0.2, 0.25) is 0 Å². The Labute approximate surface area is 116 Å². The average Bonchev–Trinajstić information content (AvgIpc) is 3.16. The molecule has 1 aromatic carbocycles. The van der Waals surface area contributed by atoms with Crippen molar-refractivity contribution >= 4 is 0 Å². The van der Waals surface area contributed by atoms with Crippen molar-refractivity contribution in [2.75, 3.05) is 14.2 Å². The predicted octanol–water partition coefficient (Wildman–Crippen LogP) is 3.35. The van der Waals surface area contributed by atoms with Gasteiger partial charge in [0.25, 0.3) is 0 Å². The number of hydrogen-bond acceptors (Lipinski definition) is 4. The van der Waals surface area contributed by atoms with Gasteiger partial charge in [0, 0.05) is 0 Å². The Morgan fingerprint density at radius 2 is 1.80 bits per heavy atom. The number of nitrogens with one attached hydrogen (secondary N) is 1. The van der Waals surface area contributed by atoms with E-state index in [1.165, 1.54) is 0 Å². The van der Waals surface area contributed by atoms with Crippen LogP contribution < -0.4 is 9.47 Å². The molecule has 3 aromatic rings. The summed E-state index contributed by atoms with van der Waals surface area (Å²) in [5.41, 5.74) is 1.65. The number of rotatable bonds is 4. The van der Waals surface area contributed by atoms with Crippen LogP contribution in [0.15, 0.2) is 47.2 Å². The first-order chi connectivity index (χ1) is 9.83. The summed E-state index contributed by atoms with van der Waals surface area (Å²) < 4.78 is 16.1. The molecule has 3 rings (SSSR count). The normalized spacial score (nSPS) is 10.5. The zero-order valence-corrected chi connectivity index (χ0v) is 11.2. The zero-order chi connectivity index (χ0) is 13.9. The van der Waals surface area contributed by atoms with E-state index in [1.807, 2.05) is 30.3 Å². The number of benzene rings is 1. The molecule has 0 bridgehead atoms. The van der Waals surface area contributed by atoms with Crippen LogP contribution in [0.25, 0.3) is 22.8 Å². The fourth-order valence-corrected chi connectivity index (χ4v) is 2.10. The lowest BCUT2D eigenvalue weighted by molar-refractivity contribution is 0.397. The van der Waals surface area contributed by atoms with E-state index in [-0.39, 0.29) is 0 Å². The molecule has 0 spiro atoms. The van der Waals surface area contributed by atoms with Gasteiger partial charge in [-0.05, 0) is 24.3 Å². The third-order valence-electron chi connectivity index (χ3n) is 3.03. The maximum atomic E-state index is 5.39. The maximum absolute atomic E-state index is 5.39. The van der Waals surface area contributed by atoms with Crippen molar-refractivity contribution < 1.29 is 13.9 Å². The quantitative estimate of drug-likeness (QED) is 0.789. The minimum atomic E-state index is 0.665. The summed E-state index contributed by atoms with van der Waals surface area (Å²) in [4.78, 5) is 7.54. The van der Waals surface area contributed by atoms with Crippen LogP contribution in [0, 0.1) is 0 Å². The Bertz CT molecular complexity index is 679. The second-order valence-electron chi connectivity index (χ2n) is 4.16. The van der Waals surface area contributed by atoms with Crippen LogP contribution in [0.5, 0.6) is 11.5 Å². The van der Waals surface area contributed by atoms with Crippen LogP contribution >= 0.6 is 0 Å². The van der Waals surface area contributed by atoms with Crippen molar-refractivity contribution in [3.05, 3.63) is 42.8 Å². The Hall–Kier alpha value is -2.69. The number of methoxy groups -OCH3 is 2. The van der Waals surface area contributed by atoms with E-state index in [9.17, 15) is 0 Å². The van der Waals surface area contributed by atoms with Crippen LogP contribution in [-0.2, 0) is 0 Å². The lowest BCUT2D eigenvalue weighted by atomic mass is 10.1. The van der Waals surface area contributed by atoms with E-state index in [2.05, 4.69) is 9.97 Å². The van der Waals surface area contributed by atoms with Crippen molar-refractivity contribution in [2.24, 2.45) is 0 Å². The van der Waals surface area contributed by atoms with E-state index in [1.54, 1.807) is 26.7 Å². The predicted molar refractivity (Wildman–Crippen MR) is 74.8 cm³/mol. The van der Waals surface area contributed by atoms with Crippen LogP contribution in [0.1, 0.15) is 0 Å². The maximum Gasteiger partial charge on any atom is 0.173 e. The number of hydrogen-bond donors (Lipinski definition) is 1. The molecule has 2 heterocycles. The van der Waals surface area contributed by atoms with Crippen molar-refractivity contribution in [2.45, 2.75) is 0 Å². The Morgan fingerprint density at radius 1 is 1.05 bits per heavy atom. The first-order valence-corrected chi connectivity index (χ1v) is 6.13. The monoisotopic (exact) mass is 270 g/mol. The second-order valence-corrected chi connectivity index (χ2v) is 4.16. The van der Waals surface area contributed by atoms with Crippen LogP contribution in [0.4, 0.5) is 0 Å². The zero-order valence-electron chi connectivity index (χ0n) is 11.2. The van der Waals surface area contributed by atoms with Crippen LogP contribution in [-0.4, -0.2) is 24.2 Å². The number of furan rings is 1. The first kappa shape index (κ1) is 12.3. The molecule has 0 amide bonds. The minimum Gasteiger partial charge on any atom is -0.496 e. The molecule has 0 fully saturated rings. The number of aromatic amines is 1. The number of aromatic nitrogens is 2. The molecule has 0 aliphatic heterocycles. The van der Waals surface area contributed by atoms with Gasteiger partial charge < -0.3 is 18.9 Å². The molecule has 0 aliphatic carbocycles. The van der Waals surface area contributed by atoms with E-state index in [0.29, 0.717) is 11.6 Å². The van der Waals surface area contributed by atoms with Gasteiger partial charge in [-0.15, -0.1) is 0 Å². The number of ether oxygens (including phenoxy) is 2. The number of imidazole rings is 1. The highest BCUT2D eigenvalue weighted by Crippen LogP contribution is 2.37. The van der Waals surface area contributed by atoms with Gasteiger partial charge in [-0.3, -0.25) is 0 Å². The van der Waals surface area contributed by atoms with Gasteiger partial charge in [-0.1, -0.05) is 6.07 Å². The molecule has 1 N–H and O–H groups in total. The van der Waals surface area contributed by atoms with Gasteiger partial charge in [-0.25, -0.2) is 4.98 Å². The molecule has 0 saturated heterocycles. The smallest absolute Gasteiger partial charge is 0.173 e. The molecule has 0 radical (unpaired) electrons. The molecule has 2 aromatic heterocycles. The Morgan fingerprint density at radius 3 is 2.40 bits per heavy atom. The summed E-state index contributed by atoms with van der Waals surface area (Å²) in [7, 11) is 3.25. The van der Waals surface area contributed by atoms with Crippen molar-refractivity contribution in [3.8, 4) is 34.3 Å². The SMILES string of the molecule is COc1cccc(OC)c1-c1cnc(-c2ccco2)[nH]1. The highest BCUT2D eigenvalue weighted by molar-refractivity contribution is 5.75. The molecular weight excluding hydrogens is 256 g/mol. The second kappa shape index (κ2) is 5.13. The highest BCUT2D eigenvalue weighted by atomic mass is 16.5. The van der Waals surface area contributed by atoms with E-state index in [0.717, 1.165) is 22.8 Å².